The van der Waals surface area contributed by atoms with Crippen molar-refractivity contribution in [2.24, 2.45) is 0 Å². The third-order valence-corrected chi connectivity index (χ3v) is 6.11. The molecule has 1 aliphatic rings. The Morgan fingerprint density at radius 3 is 2.48 bits per heavy atom. The Kier molecular flexibility index (Phi) is 5.52. The molecule has 0 N–H and O–H groups in total. The van der Waals surface area contributed by atoms with Gasteiger partial charge in [-0.1, -0.05) is 31.8 Å². The van der Waals surface area contributed by atoms with Crippen molar-refractivity contribution < 1.29 is 18.7 Å². The number of ether oxygens (including phenoxy) is 1. The molecule has 1 aromatic carbocycles. The molecule has 7 heteroatoms. The summed E-state index contributed by atoms with van der Waals surface area (Å²) < 4.78 is 18.7. The molecule has 0 radical (unpaired) electrons. The highest BCUT2D eigenvalue weighted by molar-refractivity contribution is 6.76. The van der Waals surface area contributed by atoms with Gasteiger partial charge >= 0.3 is 5.91 Å². The molecular weight excluding hydrogens is 363 g/mol. The van der Waals surface area contributed by atoms with Crippen LogP contribution >= 0.6 is 0 Å². The molecule has 2 aromatic rings. The lowest BCUT2D eigenvalue weighted by atomic mass is 10.1. The molecule has 5 nitrogen and oxygen atoms in total. The summed E-state index contributed by atoms with van der Waals surface area (Å²) in [5.74, 6) is -1.50. The molecule has 0 spiro atoms. The van der Waals surface area contributed by atoms with Crippen molar-refractivity contribution in [3.8, 4) is 0 Å². The maximum atomic E-state index is 13.1. The number of hydrogen-bond acceptors (Lipinski definition) is 4. The average Bonchev–Trinajstić information content (AvgIpc) is 2.84. The van der Waals surface area contributed by atoms with Crippen molar-refractivity contribution in [2.75, 3.05) is 18.2 Å². The smallest absolute Gasteiger partial charge is 0.303 e. The van der Waals surface area contributed by atoms with Crippen molar-refractivity contribution in [3.63, 3.8) is 0 Å². The Morgan fingerprint density at radius 1 is 1.11 bits per heavy atom. The zero-order chi connectivity index (χ0) is 19.6. The first kappa shape index (κ1) is 19.4. The predicted molar refractivity (Wildman–Crippen MR) is 104 cm³/mol. The molecule has 142 valence electrons. The van der Waals surface area contributed by atoms with Crippen molar-refractivity contribution in [3.05, 3.63) is 59.2 Å². The first-order valence-electron chi connectivity index (χ1n) is 8.92. The van der Waals surface area contributed by atoms with Crippen LogP contribution in [0.25, 0.3) is 0 Å². The molecule has 1 aliphatic heterocycles. The third-order valence-electron chi connectivity index (χ3n) is 4.41. The van der Waals surface area contributed by atoms with Gasteiger partial charge in [-0.25, -0.2) is 4.39 Å². The van der Waals surface area contributed by atoms with Crippen LogP contribution in [0, 0.1) is 5.82 Å². The predicted octanol–water partition coefficient (Wildman–Crippen LogP) is 3.65. The number of anilines is 1. The largest absolute Gasteiger partial charge is 0.361 e. The molecule has 0 aliphatic carbocycles. The molecule has 0 saturated heterocycles. The average molecular weight is 386 g/mol. The second-order valence-corrected chi connectivity index (χ2v) is 13.5. The van der Waals surface area contributed by atoms with Crippen LogP contribution in [0.2, 0.25) is 25.7 Å². The van der Waals surface area contributed by atoms with E-state index in [-0.39, 0.29) is 18.2 Å². The fraction of sp³-hybridized carbons (Fsp3) is 0.350. The highest BCUT2D eigenvalue weighted by atomic mass is 28.3. The number of fused-ring (bicyclic) bond motifs is 1. The summed E-state index contributed by atoms with van der Waals surface area (Å²) in [6.07, 6.45) is 2.12. The topological polar surface area (TPSA) is 59.5 Å². The van der Waals surface area contributed by atoms with Gasteiger partial charge in [0.1, 0.15) is 18.2 Å². The monoisotopic (exact) mass is 386 g/mol. The van der Waals surface area contributed by atoms with Crippen LogP contribution in [-0.2, 0) is 16.0 Å². The van der Waals surface area contributed by atoms with Crippen LogP contribution < -0.4 is 4.90 Å². The van der Waals surface area contributed by atoms with Crippen molar-refractivity contribution in [2.45, 2.75) is 32.1 Å². The number of aromatic nitrogens is 1. The van der Waals surface area contributed by atoms with Crippen LogP contribution in [0.1, 0.15) is 21.6 Å². The van der Waals surface area contributed by atoms with Gasteiger partial charge in [0.25, 0.3) is 5.78 Å². The number of ketones is 1. The molecule has 0 atom stereocenters. The molecule has 1 aromatic heterocycles. The minimum absolute atomic E-state index is 0.0454. The van der Waals surface area contributed by atoms with Crippen molar-refractivity contribution in [1.29, 1.82) is 0 Å². The van der Waals surface area contributed by atoms with Crippen molar-refractivity contribution >= 4 is 25.5 Å². The van der Waals surface area contributed by atoms with E-state index in [2.05, 4.69) is 24.6 Å². The number of halogens is 1. The molecule has 0 unspecified atom stereocenters. The van der Waals surface area contributed by atoms with E-state index in [0.717, 1.165) is 17.2 Å². The molecule has 0 saturated carbocycles. The van der Waals surface area contributed by atoms with Gasteiger partial charge in [0.05, 0.1) is 5.69 Å². The van der Waals surface area contributed by atoms with E-state index in [1.807, 2.05) is 0 Å². The van der Waals surface area contributed by atoms with Crippen molar-refractivity contribution in [1.82, 2.24) is 4.98 Å². The van der Waals surface area contributed by atoms with Gasteiger partial charge in [0.2, 0.25) is 0 Å². The quantitative estimate of drug-likeness (QED) is 0.414. The number of pyridine rings is 1. The summed E-state index contributed by atoms with van der Waals surface area (Å²) >= 11 is 0. The maximum Gasteiger partial charge on any atom is 0.303 e. The lowest BCUT2D eigenvalue weighted by molar-refractivity contribution is -0.115. The Hall–Kier alpha value is -2.38. The fourth-order valence-corrected chi connectivity index (χ4v) is 3.56. The van der Waals surface area contributed by atoms with E-state index < -0.39 is 19.8 Å². The van der Waals surface area contributed by atoms with E-state index in [9.17, 15) is 14.0 Å². The number of rotatable bonds is 7. The highest BCUT2D eigenvalue weighted by Gasteiger charge is 2.37. The molecule has 27 heavy (non-hydrogen) atoms. The van der Waals surface area contributed by atoms with Gasteiger partial charge < -0.3 is 4.74 Å². The van der Waals surface area contributed by atoms with Gasteiger partial charge in [-0.05, 0) is 41.8 Å². The third kappa shape index (κ3) is 4.67. The van der Waals surface area contributed by atoms with Gasteiger partial charge in [0.15, 0.2) is 0 Å². The lowest BCUT2D eigenvalue weighted by Crippen LogP contribution is -2.33. The normalized spacial score (nSPS) is 14.0. The number of Topliss-reactive ketones (excluding diaryl/α,β-unsaturated/α-hetero) is 1. The summed E-state index contributed by atoms with van der Waals surface area (Å²) in [7, 11) is -1.23. The number of carbonyl (C=O) groups excluding carboxylic acids is 2. The summed E-state index contributed by atoms with van der Waals surface area (Å²) in [5.41, 5.74) is 2.41. The van der Waals surface area contributed by atoms with Gasteiger partial charge in [-0.15, -0.1) is 0 Å². The van der Waals surface area contributed by atoms with Crippen LogP contribution in [0.15, 0.2) is 36.5 Å². The Bertz CT molecular complexity index is 863. The highest BCUT2D eigenvalue weighted by Crippen LogP contribution is 2.29. The number of hydrogen-bond donors (Lipinski definition) is 0. The molecule has 3 rings (SSSR count). The lowest BCUT2D eigenvalue weighted by Gasteiger charge is -2.19. The van der Waals surface area contributed by atoms with Crippen LogP contribution in [-0.4, -0.2) is 38.1 Å². The molecule has 0 bridgehead atoms. The first-order chi connectivity index (χ1) is 12.7. The molecule has 2 heterocycles. The Morgan fingerprint density at radius 2 is 1.81 bits per heavy atom. The Labute approximate surface area is 159 Å². The second-order valence-electron chi connectivity index (χ2n) is 7.92. The van der Waals surface area contributed by atoms with Gasteiger partial charge in [-0.3, -0.25) is 19.5 Å². The maximum absolute atomic E-state index is 13.1. The van der Waals surface area contributed by atoms with Gasteiger partial charge in [0, 0.05) is 20.9 Å². The van der Waals surface area contributed by atoms with E-state index in [1.54, 1.807) is 24.4 Å². The number of benzene rings is 1. The minimum atomic E-state index is -1.23. The summed E-state index contributed by atoms with van der Waals surface area (Å²) in [5, 5.41) is 0. The fourth-order valence-electron chi connectivity index (χ4n) is 2.81. The standard InChI is InChI=1S/C20H23FN2O3Si/c1-27(2,3)9-8-26-13-23-17-11-15(10-14-4-6-16(21)7-5-14)12-22-18(17)19(24)20(23)25/h4-7,11-12H,8-10,13H2,1-3H3. The first-order valence-corrected chi connectivity index (χ1v) is 12.6. The summed E-state index contributed by atoms with van der Waals surface area (Å²) in [6.45, 7) is 7.36. The number of nitrogens with zero attached hydrogens (tertiary/aromatic N) is 2. The van der Waals surface area contributed by atoms with E-state index in [1.165, 1.54) is 17.0 Å². The Balaban J connectivity index is 1.74. The summed E-state index contributed by atoms with van der Waals surface area (Å²) in [6, 6.07) is 8.99. The number of carbonyl (C=O) groups is 2. The van der Waals surface area contributed by atoms with E-state index >= 15 is 0 Å². The second kappa shape index (κ2) is 7.70. The van der Waals surface area contributed by atoms with Crippen LogP contribution in [0.4, 0.5) is 10.1 Å². The summed E-state index contributed by atoms with van der Waals surface area (Å²) in [4.78, 5) is 30.0. The number of amides is 1. The zero-order valence-corrected chi connectivity index (χ0v) is 16.8. The van der Waals surface area contributed by atoms with Gasteiger partial charge in [-0.2, -0.15) is 0 Å². The SMILES string of the molecule is C[Si](C)(C)CCOCN1C(=O)C(=O)c2ncc(Cc3ccc(F)cc3)cc21. The molecule has 1 amide bonds. The van der Waals surface area contributed by atoms with E-state index in [4.69, 9.17) is 4.74 Å². The molecular formula is C20H23FN2O3Si. The van der Waals surface area contributed by atoms with Crippen LogP contribution in [0.5, 0.6) is 0 Å². The minimum Gasteiger partial charge on any atom is -0.361 e. The van der Waals surface area contributed by atoms with Crippen LogP contribution in [0.3, 0.4) is 0 Å². The van der Waals surface area contributed by atoms with E-state index in [0.29, 0.717) is 18.7 Å². The zero-order valence-electron chi connectivity index (χ0n) is 15.8. The molecule has 0 fully saturated rings.